The van der Waals surface area contributed by atoms with Crippen molar-refractivity contribution in [1.82, 2.24) is 9.97 Å². The van der Waals surface area contributed by atoms with Crippen LogP contribution in [0.15, 0.2) is 12.1 Å². The number of nitrogens with zero attached hydrogens (tertiary/aromatic N) is 2. The minimum atomic E-state index is 0.877. The second-order valence-corrected chi connectivity index (χ2v) is 3.14. The van der Waals surface area contributed by atoms with Crippen molar-refractivity contribution < 1.29 is 0 Å². The van der Waals surface area contributed by atoms with E-state index < -0.39 is 0 Å². The minimum absolute atomic E-state index is 0.877. The van der Waals surface area contributed by atoms with E-state index in [0.717, 1.165) is 23.6 Å². The van der Waals surface area contributed by atoms with Crippen LogP contribution in [0.4, 0.5) is 0 Å². The molecule has 0 bridgehead atoms. The van der Waals surface area contributed by atoms with E-state index in [1.165, 1.54) is 5.57 Å². The Balaban J connectivity index is 3.14. The zero-order valence-electron chi connectivity index (χ0n) is 8.76. The van der Waals surface area contributed by atoms with E-state index in [1.807, 2.05) is 26.8 Å². The van der Waals surface area contributed by atoms with Gasteiger partial charge >= 0.3 is 0 Å². The van der Waals surface area contributed by atoms with E-state index in [4.69, 9.17) is 0 Å². The molecule has 0 atom stereocenters. The zero-order chi connectivity index (χ0) is 9.84. The Hall–Kier alpha value is -1.18. The standard InChI is InChI=1S/C11H16N2/c1-5-10(6-2)11-12-8(3)7-9(4)13-11/h5,7H,6H2,1-4H3/b10-5+. The van der Waals surface area contributed by atoms with Crippen LogP contribution in [0.1, 0.15) is 37.5 Å². The normalized spacial score (nSPS) is 11.8. The van der Waals surface area contributed by atoms with E-state index in [1.54, 1.807) is 0 Å². The summed E-state index contributed by atoms with van der Waals surface area (Å²) in [6, 6.07) is 1.99. The average Bonchev–Trinajstić information content (AvgIpc) is 2.04. The SMILES string of the molecule is C/C=C(\CC)c1nc(C)cc(C)n1. The third-order valence-corrected chi connectivity index (χ3v) is 2.00. The zero-order valence-corrected chi connectivity index (χ0v) is 8.76. The molecule has 70 valence electrons. The lowest BCUT2D eigenvalue weighted by Crippen LogP contribution is -1.97. The molecule has 0 N–H and O–H groups in total. The van der Waals surface area contributed by atoms with Gasteiger partial charge in [0.2, 0.25) is 0 Å². The highest BCUT2D eigenvalue weighted by atomic mass is 14.9. The van der Waals surface area contributed by atoms with E-state index in [-0.39, 0.29) is 0 Å². The smallest absolute Gasteiger partial charge is 0.155 e. The lowest BCUT2D eigenvalue weighted by Gasteiger charge is -2.04. The molecular formula is C11H16N2. The molecule has 1 rings (SSSR count). The molecule has 2 nitrogen and oxygen atoms in total. The summed E-state index contributed by atoms with van der Waals surface area (Å²) in [7, 11) is 0. The molecule has 0 aliphatic rings. The lowest BCUT2D eigenvalue weighted by molar-refractivity contribution is 0.999. The Bertz CT molecular complexity index is 307. The fraction of sp³-hybridized carbons (Fsp3) is 0.455. The second-order valence-electron chi connectivity index (χ2n) is 3.14. The van der Waals surface area contributed by atoms with Crippen LogP contribution < -0.4 is 0 Å². The van der Waals surface area contributed by atoms with Gasteiger partial charge in [0.15, 0.2) is 5.82 Å². The molecular weight excluding hydrogens is 160 g/mol. The summed E-state index contributed by atoms with van der Waals surface area (Å²) in [6.07, 6.45) is 3.06. The molecule has 0 amide bonds. The summed E-state index contributed by atoms with van der Waals surface area (Å²) in [4.78, 5) is 8.79. The van der Waals surface area contributed by atoms with E-state index >= 15 is 0 Å². The van der Waals surface area contributed by atoms with E-state index in [9.17, 15) is 0 Å². The van der Waals surface area contributed by atoms with Crippen LogP contribution in [-0.4, -0.2) is 9.97 Å². The maximum absolute atomic E-state index is 4.40. The second kappa shape index (κ2) is 4.17. The first-order valence-electron chi connectivity index (χ1n) is 4.65. The fourth-order valence-corrected chi connectivity index (χ4v) is 1.36. The molecule has 13 heavy (non-hydrogen) atoms. The summed E-state index contributed by atoms with van der Waals surface area (Å²) in [5.74, 6) is 0.877. The van der Waals surface area contributed by atoms with Gasteiger partial charge in [-0.15, -0.1) is 0 Å². The Kier molecular flexibility index (Phi) is 3.18. The molecule has 0 saturated heterocycles. The van der Waals surface area contributed by atoms with Crippen molar-refractivity contribution in [1.29, 1.82) is 0 Å². The topological polar surface area (TPSA) is 25.8 Å². The monoisotopic (exact) mass is 176 g/mol. The Morgan fingerprint density at radius 3 is 2.23 bits per heavy atom. The van der Waals surface area contributed by atoms with Gasteiger partial charge in [0.25, 0.3) is 0 Å². The third-order valence-electron chi connectivity index (χ3n) is 2.00. The predicted octanol–water partition coefficient (Wildman–Crippen LogP) is 2.91. The molecule has 0 aliphatic carbocycles. The van der Waals surface area contributed by atoms with E-state index in [0.29, 0.717) is 0 Å². The van der Waals surface area contributed by atoms with Crippen molar-refractivity contribution in [2.24, 2.45) is 0 Å². The van der Waals surface area contributed by atoms with Crippen LogP contribution in [0.2, 0.25) is 0 Å². The molecule has 1 aromatic heterocycles. The molecule has 0 radical (unpaired) electrons. The van der Waals surface area contributed by atoms with Gasteiger partial charge in [-0.2, -0.15) is 0 Å². The van der Waals surface area contributed by atoms with Gasteiger partial charge in [-0.3, -0.25) is 0 Å². The van der Waals surface area contributed by atoms with Crippen LogP contribution >= 0.6 is 0 Å². The summed E-state index contributed by atoms with van der Waals surface area (Å²) >= 11 is 0. The predicted molar refractivity (Wildman–Crippen MR) is 55.4 cm³/mol. The summed E-state index contributed by atoms with van der Waals surface area (Å²) in [5.41, 5.74) is 3.29. The lowest BCUT2D eigenvalue weighted by atomic mass is 10.2. The van der Waals surface area contributed by atoms with Crippen molar-refractivity contribution in [2.45, 2.75) is 34.1 Å². The molecule has 0 aliphatic heterocycles. The van der Waals surface area contributed by atoms with Gasteiger partial charge in [0.05, 0.1) is 0 Å². The molecule has 1 heterocycles. The fourth-order valence-electron chi connectivity index (χ4n) is 1.36. The summed E-state index contributed by atoms with van der Waals surface area (Å²) in [6.45, 7) is 8.15. The number of rotatable bonds is 2. The van der Waals surface area contributed by atoms with Gasteiger partial charge in [-0.05, 0) is 38.8 Å². The van der Waals surface area contributed by atoms with Crippen molar-refractivity contribution in [2.75, 3.05) is 0 Å². The van der Waals surface area contributed by atoms with Crippen molar-refractivity contribution >= 4 is 5.57 Å². The minimum Gasteiger partial charge on any atom is -0.234 e. The quantitative estimate of drug-likeness (QED) is 0.692. The molecule has 0 spiro atoms. The molecule has 0 fully saturated rings. The van der Waals surface area contributed by atoms with Crippen LogP contribution in [0, 0.1) is 13.8 Å². The van der Waals surface area contributed by atoms with Crippen LogP contribution in [0.5, 0.6) is 0 Å². The Morgan fingerprint density at radius 2 is 1.85 bits per heavy atom. The van der Waals surface area contributed by atoms with Crippen molar-refractivity contribution in [3.05, 3.63) is 29.4 Å². The Labute approximate surface area is 79.7 Å². The number of allylic oxidation sites excluding steroid dienone is 2. The maximum atomic E-state index is 4.40. The molecule has 0 saturated carbocycles. The highest BCUT2D eigenvalue weighted by Gasteiger charge is 2.02. The highest BCUT2D eigenvalue weighted by Crippen LogP contribution is 2.13. The van der Waals surface area contributed by atoms with Crippen molar-refractivity contribution in [3.8, 4) is 0 Å². The number of aryl methyl sites for hydroxylation is 2. The molecule has 2 heteroatoms. The number of hydrogen-bond acceptors (Lipinski definition) is 2. The van der Waals surface area contributed by atoms with Gasteiger partial charge in [0, 0.05) is 11.4 Å². The molecule has 0 unspecified atom stereocenters. The average molecular weight is 176 g/mol. The van der Waals surface area contributed by atoms with Gasteiger partial charge < -0.3 is 0 Å². The third kappa shape index (κ3) is 2.38. The van der Waals surface area contributed by atoms with Crippen LogP contribution in [-0.2, 0) is 0 Å². The first-order chi connectivity index (χ1) is 6.17. The largest absolute Gasteiger partial charge is 0.234 e. The first kappa shape index (κ1) is 9.90. The van der Waals surface area contributed by atoms with Crippen LogP contribution in [0.25, 0.3) is 5.57 Å². The van der Waals surface area contributed by atoms with Gasteiger partial charge in [-0.1, -0.05) is 13.0 Å². The number of hydrogen-bond donors (Lipinski definition) is 0. The summed E-state index contributed by atoms with van der Waals surface area (Å²) < 4.78 is 0. The molecule has 0 aromatic carbocycles. The number of aromatic nitrogens is 2. The van der Waals surface area contributed by atoms with E-state index in [2.05, 4.69) is 23.0 Å². The highest BCUT2D eigenvalue weighted by molar-refractivity contribution is 5.58. The van der Waals surface area contributed by atoms with Gasteiger partial charge in [-0.25, -0.2) is 9.97 Å². The van der Waals surface area contributed by atoms with Crippen molar-refractivity contribution in [3.63, 3.8) is 0 Å². The molecule has 1 aromatic rings. The van der Waals surface area contributed by atoms with Crippen LogP contribution in [0.3, 0.4) is 0 Å². The maximum Gasteiger partial charge on any atom is 0.155 e. The Morgan fingerprint density at radius 1 is 1.31 bits per heavy atom. The van der Waals surface area contributed by atoms with Gasteiger partial charge in [0.1, 0.15) is 0 Å². The summed E-state index contributed by atoms with van der Waals surface area (Å²) in [5, 5.41) is 0. The first-order valence-corrected chi connectivity index (χ1v) is 4.65.